The van der Waals surface area contributed by atoms with Gasteiger partial charge in [0.2, 0.25) is 5.91 Å². The maximum atomic E-state index is 12.9. The quantitative estimate of drug-likeness (QED) is 0.703. The van der Waals surface area contributed by atoms with E-state index in [9.17, 15) is 9.59 Å². The normalized spacial score (nSPS) is 18.9. The van der Waals surface area contributed by atoms with Gasteiger partial charge in [-0.25, -0.2) is 4.79 Å². The van der Waals surface area contributed by atoms with Crippen molar-refractivity contribution >= 4 is 29.4 Å². The average molecular weight is 412 g/mol. The second-order valence-electron chi connectivity index (χ2n) is 7.92. The lowest BCUT2D eigenvalue weighted by atomic mass is 9.81. The molecule has 0 saturated carbocycles. The number of hydrogen-bond acceptors (Lipinski definition) is 3. The Hall–Kier alpha value is -2.47. The third kappa shape index (κ3) is 5.54. The summed E-state index contributed by atoms with van der Waals surface area (Å²) in [4.78, 5) is 28.5. The third-order valence-electron chi connectivity index (χ3n) is 5.43. The molecule has 2 aromatic rings. The molecule has 0 unspecified atom stereocenters. The van der Waals surface area contributed by atoms with Crippen molar-refractivity contribution < 1.29 is 9.59 Å². The molecule has 1 fully saturated rings. The van der Waals surface area contributed by atoms with Crippen LogP contribution in [0.2, 0.25) is 0 Å². The van der Waals surface area contributed by atoms with E-state index >= 15 is 0 Å². The molecule has 154 valence electrons. The lowest BCUT2D eigenvalue weighted by molar-refractivity contribution is -0.132. The van der Waals surface area contributed by atoms with Gasteiger partial charge in [-0.15, -0.1) is 11.8 Å². The summed E-state index contributed by atoms with van der Waals surface area (Å²) in [6.07, 6.45) is 3.59. The highest BCUT2D eigenvalue weighted by molar-refractivity contribution is 7.98. The van der Waals surface area contributed by atoms with Crippen molar-refractivity contribution in [3.05, 3.63) is 59.7 Å². The monoisotopic (exact) mass is 411 g/mol. The number of benzene rings is 2. The Morgan fingerprint density at radius 2 is 1.93 bits per heavy atom. The Morgan fingerprint density at radius 1 is 1.17 bits per heavy atom. The van der Waals surface area contributed by atoms with E-state index in [0.717, 1.165) is 29.0 Å². The van der Waals surface area contributed by atoms with E-state index in [-0.39, 0.29) is 11.9 Å². The molecule has 6 heteroatoms. The standard InChI is InChI=1S/C23H29N3O2S/c1-17-8-10-18(11-9-17)15-24-21(27)23(2)12-5-13-26(16-23)22(28)25-19-6-4-7-20(14-19)29-3/h4,6-11,14H,5,12-13,15-16H2,1-3H3,(H,24,27)(H,25,28)/t23-/m1/s1. The second kappa shape index (κ2) is 9.35. The van der Waals surface area contributed by atoms with Gasteiger partial charge in [0.15, 0.2) is 0 Å². The fraction of sp³-hybridized carbons (Fsp3) is 0.391. The smallest absolute Gasteiger partial charge is 0.321 e. The lowest BCUT2D eigenvalue weighted by Gasteiger charge is -2.39. The summed E-state index contributed by atoms with van der Waals surface area (Å²) >= 11 is 1.64. The molecule has 0 bridgehead atoms. The van der Waals surface area contributed by atoms with Crippen molar-refractivity contribution in [2.75, 3.05) is 24.7 Å². The summed E-state index contributed by atoms with van der Waals surface area (Å²) in [5.74, 6) is -0.0000413. The van der Waals surface area contributed by atoms with E-state index in [1.54, 1.807) is 16.7 Å². The van der Waals surface area contributed by atoms with Gasteiger partial charge in [0.25, 0.3) is 0 Å². The van der Waals surface area contributed by atoms with Gasteiger partial charge in [-0.05, 0) is 56.7 Å². The first-order valence-corrected chi connectivity index (χ1v) is 11.2. The van der Waals surface area contributed by atoms with E-state index in [1.165, 1.54) is 5.56 Å². The van der Waals surface area contributed by atoms with Crippen LogP contribution in [0, 0.1) is 12.3 Å². The first-order chi connectivity index (χ1) is 13.9. The van der Waals surface area contributed by atoms with E-state index < -0.39 is 5.41 Å². The Labute approximate surface area is 177 Å². The zero-order valence-corrected chi connectivity index (χ0v) is 18.1. The SMILES string of the molecule is CSc1cccc(NC(=O)N2CCC[C@@](C)(C(=O)NCc3ccc(C)cc3)C2)c1. The van der Waals surface area contributed by atoms with Crippen molar-refractivity contribution in [1.82, 2.24) is 10.2 Å². The summed E-state index contributed by atoms with van der Waals surface area (Å²) in [6.45, 7) is 5.58. The fourth-order valence-electron chi connectivity index (χ4n) is 3.60. The zero-order chi connectivity index (χ0) is 20.9. The molecule has 1 aliphatic heterocycles. The highest BCUT2D eigenvalue weighted by Gasteiger charge is 2.39. The number of carbonyl (C=O) groups excluding carboxylic acids is 2. The molecule has 5 nitrogen and oxygen atoms in total. The number of anilines is 1. The zero-order valence-electron chi connectivity index (χ0n) is 17.3. The molecule has 0 spiro atoms. The molecule has 2 aromatic carbocycles. The molecule has 0 aliphatic carbocycles. The van der Waals surface area contributed by atoms with Crippen molar-refractivity contribution in [2.24, 2.45) is 5.41 Å². The number of amides is 3. The van der Waals surface area contributed by atoms with Crippen LogP contribution in [-0.4, -0.2) is 36.2 Å². The number of aryl methyl sites for hydroxylation is 1. The first-order valence-electron chi connectivity index (χ1n) is 9.93. The topological polar surface area (TPSA) is 61.4 Å². The van der Waals surface area contributed by atoms with E-state index in [1.807, 2.05) is 68.6 Å². The summed E-state index contributed by atoms with van der Waals surface area (Å²) in [6, 6.07) is 15.8. The molecular formula is C23H29N3O2S. The predicted octanol–water partition coefficient (Wildman–Crippen LogP) is 4.67. The van der Waals surface area contributed by atoms with Crippen LogP contribution in [0.3, 0.4) is 0 Å². The third-order valence-corrected chi connectivity index (χ3v) is 6.15. The van der Waals surface area contributed by atoms with Crippen molar-refractivity contribution in [3.8, 4) is 0 Å². The Balaban J connectivity index is 1.59. The number of hydrogen-bond donors (Lipinski definition) is 2. The first kappa shape index (κ1) is 21.2. The van der Waals surface area contributed by atoms with E-state index in [0.29, 0.717) is 19.6 Å². The molecule has 3 amide bonds. The molecule has 0 radical (unpaired) electrons. The van der Waals surface area contributed by atoms with Gasteiger partial charge in [-0.2, -0.15) is 0 Å². The molecular weight excluding hydrogens is 382 g/mol. The highest BCUT2D eigenvalue weighted by atomic mass is 32.2. The number of thioether (sulfide) groups is 1. The van der Waals surface area contributed by atoms with Gasteiger partial charge in [0, 0.05) is 30.2 Å². The van der Waals surface area contributed by atoms with Gasteiger partial charge < -0.3 is 15.5 Å². The van der Waals surface area contributed by atoms with Gasteiger partial charge in [0.05, 0.1) is 5.41 Å². The lowest BCUT2D eigenvalue weighted by Crippen LogP contribution is -2.52. The maximum absolute atomic E-state index is 12.9. The number of piperidine rings is 1. The minimum atomic E-state index is -0.582. The number of nitrogens with one attached hydrogen (secondary N) is 2. The Bertz CT molecular complexity index is 869. The molecule has 1 heterocycles. The van der Waals surface area contributed by atoms with Crippen LogP contribution in [0.15, 0.2) is 53.4 Å². The van der Waals surface area contributed by atoms with Crippen LogP contribution in [0.5, 0.6) is 0 Å². The maximum Gasteiger partial charge on any atom is 0.321 e. The fourth-order valence-corrected chi connectivity index (χ4v) is 4.06. The van der Waals surface area contributed by atoms with Crippen LogP contribution in [0.1, 0.15) is 30.9 Å². The van der Waals surface area contributed by atoms with Crippen LogP contribution >= 0.6 is 11.8 Å². The Morgan fingerprint density at radius 3 is 2.66 bits per heavy atom. The van der Waals surface area contributed by atoms with Crippen molar-refractivity contribution in [2.45, 2.75) is 38.1 Å². The number of rotatable bonds is 5. The van der Waals surface area contributed by atoms with Gasteiger partial charge in [-0.1, -0.05) is 35.9 Å². The number of nitrogens with zero attached hydrogens (tertiary/aromatic N) is 1. The van der Waals surface area contributed by atoms with E-state index in [2.05, 4.69) is 10.6 Å². The van der Waals surface area contributed by atoms with E-state index in [4.69, 9.17) is 0 Å². The number of urea groups is 1. The molecule has 1 atom stereocenters. The summed E-state index contributed by atoms with van der Waals surface area (Å²) in [5, 5.41) is 6.02. The Kier molecular flexibility index (Phi) is 6.85. The van der Waals surface area contributed by atoms with Crippen LogP contribution in [0.4, 0.5) is 10.5 Å². The highest BCUT2D eigenvalue weighted by Crippen LogP contribution is 2.30. The second-order valence-corrected chi connectivity index (χ2v) is 8.80. The molecule has 0 aromatic heterocycles. The largest absolute Gasteiger partial charge is 0.351 e. The van der Waals surface area contributed by atoms with Crippen molar-refractivity contribution in [1.29, 1.82) is 0 Å². The average Bonchev–Trinajstić information content (AvgIpc) is 2.73. The summed E-state index contributed by atoms with van der Waals surface area (Å²) in [7, 11) is 0. The summed E-state index contributed by atoms with van der Waals surface area (Å²) in [5.41, 5.74) is 2.47. The van der Waals surface area contributed by atoms with Crippen molar-refractivity contribution in [3.63, 3.8) is 0 Å². The van der Waals surface area contributed by atoms with Gasteiger partial charge in [0.1, 0.15) is 0 Å². The number of carbonyl (C=O) groups is 2. The van der Waals surface area contributed by atoms with Crippen LogP contribution < -0.4 is 10.6 Å². The van der Waals surface area contributed by atoms with Gasteiger partial charge >= 0.3 is 6.03 Å². The predicted molar refractivity (Wildman–Crippen MR) is 119 cm³/mol. The molecule has 2 N–H and O–H groups in total. The summed E-state index contributed by atoms with van der Waals surface area (Å²) < 4.78 is 0. The minimum Gasteiger partial charge on any atom is -0.351 e. The molecule has 3 rings (SSSR count). The number of likely N-dealkylation sites (tertiary alicyclic amines) is 1. The minimum absolute atomic E-state index is 0.0000413. The molecule has 29 heavy (non-hydrogen) atoms. The van der Waals surface area contributed by atoms with Crippen LogP contribution in [0.25, 0.3) is 0 Å². The van der Waals surface area contributed by atoms with Crippen LogP contribution in [-0.2, 0) is 11.3 Å². The van der Waals surface area contributed by atoms with Gasteiger partial charge in [-0.3, -0.25) is 4.79 Å². The molecule has 1 aliphatic rings. The molecule has 1 saturated heterocycles.